The molecule has 4 rings (SSSR count). The Labute approximate surface area is 179 Å². The van der Waals surface area contributed by atoms with E-state index in [1.807, 2.05) is 42.5 Å². The van der Waals surface area contributed by atoms with Gasteiger partial charge in [-0.25, -0.2) is 0 Å². The maximum Gasteiger partial charge on any atom is 0.187 e. The first-order valence-corrected chi connectivity index (χ1v) is 11.2. The van der Waals surface area contributed by atoms with Gasteiger partial charge in [-0.3, -0.25) is 9.69 Å². The van der Waals surface area contributed by atoms with Crippen molar-refractivity contribution in [2.24, 2.45) is 0 Å². The zero-order valence-electron chi connectivity index (χ0n) is 14.6. The third-order valence-corrected chi connectivity index (χ3v) is 7.13. The van der Waals surface area contributed by atoms with Crippen molar-refractivity contribution in [3.8, 4) is 5.75 Å². The molecule has 0 saturated carbocycles. The standard InChI is InChI=1S/C20H19Br2NO3S/c21-14-10-16-18(17(22)11-14)26-13-20(19(16)24,12-23-6-8-25-9-7-23)27-15-4-2-1-3-5-15/h1-5,10-11H,6-9,12-13H2/t20-/m1/s1. The summed E-state index contributed by atoms with van der Waals surface area (Å²) in [5.41, 5.74) is 0.624. The van der Waals surface area contributed by atoms with E-state index in [-0.39, 0.29) is 5.78 Å². The van der Waals surface area contributed by atoms with Crippen LogP contribution in [0.5, 0.6) is 5.75 Å². The highest BCUT2D eigenvalue weighted by molar-refractivity contribution is 9.11. The molecule has 0 bridgehead atoms. The molecule has 1 atom stereocenters. The van der Waals surface area contributed by atoms with Crippen LogP contribution in [-0.2, 0) is 4.74 Å². The number of hydrogen-bond donors (Lipinski definition) is 0. The summed E-state index contributed by atoms with van der Waals surface area (Å²) in [6.45, 7) is 4.05. The highest BCUT2D eigenvalue weighted by Gasteiger charge is 2.47. The average Bonchev–Trinajstić information content (AvgIpc) is 2.67. The fourth-order valence-corrected chi connectivity index (χ4v) is 6.09. The lowest BCUT2D eigenvalue weighted by molar-refractivity contribution is 0.0287. The molecule has 2 aliphatic heterocycles. The minimum atomic E-state index is -0.689. The summed E-state index contributed by atoms with van der Waals surface area (Å²) in [5, 5.41) is 0. The molecule has 2 aromatic carbocycles. The number of fused-ring (bicyclic) bond motifs is 1. The van der Waals surface area contributed by atoms with Crippen LogP contribution in [0, 0.1) is 0 Å². The maximum absolute atomic E-state index is 13.7. The van der Waals surface area contributed by atoms with Crippen molar-refractivity contribution in [2.45, 2.75) is 9.64 Å². The number of carbonyl (C=O) groups excluding carboxylic acids is 1. The second kappa shape index (κ2) is 8.25. The predicted octanol–water partition coefficient (Wildman–Crippen LogP) is 4.65. The van der Waals surface area contributed by atoms with Crippen molar-refractivity contribution in [1.29, 1.82) is 0 Å². The summed E-state index contributed by atoms with van der Waals surface area (Å²) in [7, 11) is 0. The van der Waals surface area contributed by atoms with Gasteiger partial charge in [0.2, 0.25) is 0 Å². The minimum Gasteiger partial charge on any atom is -0.490 e. The van der Waals surface area contributed by atoms with Gasteiger partial charge in [0.25, 0.3) is 0 Å². The summed E-state index contributed by atoms with van der Waals surface area (Å²) < 4.78 is 12.6. The molecule has 1 fully saturated rings. The highest BCUT2D eigenvalue weighted by atomic mass is 79.9. The Bertz CT molecular complexity index is 843. The highest BCUT2D eigenvalue weighted by Crippen LogP contribution is 2.45. The molecular weight excluding hydrogens is 494 g/mol. The van der Waals surface area contributed by atoms with Crippen LogP contribution in [0.3, 0.4) is 0 Å². The Morgan fingerprint density at radius 1 is 1.11 bits per heavy atom. The van der Waals surface area contributed by atoms with Crippen LogP contribution in [0.4, 0.5) is 0 Å². The second-order valence-electron chi connectivity index (χ2n) is 6.68. The van der Waals surface area contributed by atoms with E-state index in [1.54, 1.807) is 11.8 Å². The van der Waals surface area contributed by atoms with Crippen molar-refractivity contribution < 1.29 is 14.3 Å². The summed E-state index contributed by atoms with van der Waals surface area (Å²) in [6.07, 6.45) is 0. The number of rotatable bonds is 4. The lowest BCUT2D eigenvalue weighted by atomic mass is 9.93. The van der Waals surface area contributed by atoms with Crippen molar-refractivity contribution in [3.05, 3.63) is 57.0 Å². The molecule has 0 amide bonds. The second-order valence-corrected chi connectivity index (χ2v) is 9.91. The molecule has 2 aliphatic rings. The Kier molecular flexibility index (Phi) is 5.94. The van der Waals surface area contributed by atoms with E-state index in [4.69, 9.17) is 9.47 Å². The molecule has 4 nitrogen and oxygen atoms in total. The van der Waals surface area contributed by atoms with Crippen LogP contribution in [0.15, 0.2) is 56.3 Å². The summed E-state index contributed by atoms with van der Waals surface area (Å²) in [6, 6.07) is 13.9. The Morgan fingerprint density at radius 2 is 1.85 bits per heavy atom. The van der Waals surface area contributed by atoms with Gasteiger partial charge < -0.3 is 9.47 Å². The molecule has 142 valence electrons. The number of Topliss-reactive ketones (excluding diaryl/α,β-unsaturated/α-hetero) is 1. The molecular formula is C20H19Br2NO3S. The summed E-state index contributed by atoms with van der Waals surface area (Å²) in [5.74, 6) is 0.751. The van der Waals surface area contributed by atoms with E-state index >= 15 is 0 Å². The molecule has 0 unspecified atom stereocenters. The molecule has 2 aromatic rings. The monoisotopic (exact) mass is 511 g/mol. The van der Waals surface area contributed by atoms with Gasteiger partial charge in [-0.05, 0) is 40.2 Å². The molecule has 27 heavy (non-hydrogen) atoms. The van der Waals surface area contributed by atoms with Gasteiger partial charge in [0, 0.05) is 29.0 Å². The number of ether oxygens (including phenoxy) is 2. The molecule has 1 saturated heterocycles. The third kappa shape index (κ3) is 4.12. The average molecular weight is 513 g/mol. The summed E-state index contributed by atoms with van der Waals surface area (Å²) in [4.78, 5) is 17.1. The molecule has 0 aromatic heterocycles. The molecule has 0 radical (unpaired) electrons. The molecule has 0 N–H and O–H groups in total. The van der Waals surface area contributed by atoms with Crippen LogP contribution in [0.1, 0.15) is 10.4 Å². The van der Waals surface area contributed by atoms with Crippen LogP contribution in [-0.4, -0.2) is 54.9 Å². The van der Waals surface area contributed by atoms with Crippen molar-refractivity contribution in [2.75, 3.05) is 39.5 Å². The molecule has 7 heteroatoms. The van der Waals surface area contributed by atoms with Crippen LogP contribution < -0.4 is 4.74 Å². The van der Waals surface area contributed by atoms with E-state index in [0.717, 1.165) is 26.9 Å². The number of nitrogens with zero attached hydrogens (tertiary/aromatic N) is 1. The fourth-order valence-electron chi connectivity index (χ4n) is 3.44. The minimum absolute atomic E-state index is 0.117. The van der Waals surface area contributed by atoms with Crippen molar-refractivity contribution >= 4 is 49.4 Å². The SMILES string of the molecule is O=C1c2cc(Br)cc(Br)c2OC[C@@]1(CN1CCOCC1)Sc1ccccc1. The lowest BCUT2D eigenvalue weighted by Gasteiger charge is -2.40. The number of morpholine rings is 1. The number of benzene rings is 2. The number of ketones is 1. The Morgan fingerprint density at radius 3 is 2.59 bits per heavy atom. The van der Waals surface area contributed by atoms with Gasteiger partial charge in [0.1, 0.15) is 17.1 Å². The Balaban J connectivity index is 1.72. The third-order valence-electron chi connectivity index (χ3n) is 4.76. The lowest BCUT2D eigenvalue weighted by Crippen LogP contribution is -2.54. The first-order valence-electron chi connectivity index (χ1n) is 8.78. The van der Waals surface area contributed by atoms with E-state index < -0.39 is 4.75 Å². The number of hydrogen-bond acceptors (Lipinski definition) is 5. The van der Waals surface area contributed by atoms with Crippen LogP contribution in [0.25, 0.3) is 0 Å². The molecule has 0 aliphatic carbocycles. The van der Waals surface area contributed by atoms with E-state index in [1.165, 1.54) is 0 Å². The first kappa shape index (κ1) is 19.5. The van der Waals surface area contributed by atoms with Crippen molar-refractivity contribution in [1.82, 2.24) is 4.90 Å². The van der Waals surface area contributed by atoms with Crippen LogP contribution >= 0.6 is 43.6 Å². The smallest absolute Gasteiger partial charge is 0.187 e. The largest absolute Gasteiger partial charge is 0.490 e. The van der Waals surface area contributed by atoms with E-state index in [2.05, 4.69) is 36.8 Å². The zero-order valence-corrected chi connectivity index (χ0v) is 18.6. The fraction of sp³-hybridized carbons (Fsp3) is 0.350. The number of carbonyl (C=O) groups is 1. The van der Waals surface area contributed by atoms with Gasteiger partial charge >= 0.3 is 0 Å². The van der Waals surface area contributed by atoms with Gasteiger partial charge in [-0.1, -0.05) is 34.1 Å². The molecule has 2 heterocycles. The predicted molar refractivity (Wildman–Crippen MR) is 114 cm³/mol. The van der Waals surface area contributed by atoms with Gasteiger partial charge in [0.05, 0.1) is 23.2 Å². The zero-order chi connectivity index (χ0) is 18.9. The van der Waals surface area contributed by atoms with Gasteiger partial charge in [-0.2, -0.15) is 0 Å². The number of halogens is 2. The summed E-state index contributed by atoms with van der Waals surface area (Å²) >= 11 is 8.62. The van der Waals surface area contributed by atoms with E-state index in [0.29, 0.717) is 37.7 Å². The quantitative estimate of drug-likeness (QED) is 0.596. The van der Waals surface area contributed by atoms with Crippen molar-refractivity contribution in [3.63, 3.8) is 0 Å². The molecule has 0 spiro atoms. The van der Waals surface area contributed by atoms with Crippen LogP contribution in [0.2, 0.25) is 0 Å². The Hall–Kier alpha value is -0.860. The topological polar surface area (TPSA) is 38.8 Å². The van der Waals surface area contributed by atoms with Gasteiger partial charge in [0.15, 0.2) is 5.78 Å². The van der Waals surface area contributed by atoms with E-state index in [9.17, 15) is 4.79 Å². The van der Waals surface area contributed by atoms with Gasteiger partial charge in [-0.15, -0.1) is 11.8 Å². The first-order chi connectivity index (χ1) is 13.1. The maximum atomic E-state index is 13.7. The normalized spacial score (nSPS) is 23.0. The number of thioether (sulfide) groups is 1.